The van der Waals surface area contributed by atoms with Crippen LogP contribution in [0.5, 0.6) is 5.75 Å². The van der Waals surface area contributed by atoms with Crippen molar-refractivity contribution in [2.75, 3.05) is 0 Å². The smallest absolute Gasteiger partial charge is 0.391 e. The van der Waals surface area contributed by atoms with Crippen molar-refractivity contribution >= 4 is 8.60 Å². The summed E-state index contributed by atoms with van der Waals surface area (Å²) in [6, 6.07) is 6.11. The van der Waals surface area contributed by atoms with Crippen molar-refractivity contribution in [1.29, 1.82) is 0 Å². The zero-order valence-corrected chi connectivity index (χ0v) is 23.4. The molecule has 0 bridgehead atoms. The van der Waals surface area contributed by atoms with Gasteiger partial charge >= 0.3 is 8.60 Å². The maximum atomic E-state index is 9.43. The summed E-state index contributed by atoms with van der Waals surface area (Å²) in [5, 5.41) is 0. The minimum absolute atomic E-state index is 0.677. The Morgan fingerprint density at radius 3 is 1.41 bits per heavy atom. The summed E-state index contributed by atoms with van der Waals surface area (Å²) in [4.78, 5) is 18.9. The summed E-state index contributed by atoms with van der Waals surface area (Å²) in [5.74, 6) is 0.677. The van der Waals surface area contributed by atoms with E-state index in [1.165, 1.54) is 133 Å². The first-order valence-electron chi connectivity index (χ1n) is 14.7. The lowest BCUT2D eigenvalue weighted by atomic mass is 9.95. The maximum Gasteiger partial charge on any atom is 0.391 e. The molecule has 0 saturated heterocycles. The molecule has 0 aliphatic carbocycles. The van der Waals surface area contributed by atoms with Crippen LogP contribution in [0.3, 0.4) is 0 Å². The van der Waals surface area contributed by atoms with Crippen LogP contribution in [0.15, 0.2) is 18.2 Å². The van der Waals surface area contributed by atoms with Gasteiger partial charge in [0.1, 0.15) is 5.75 Å². The van der Waals surface area contributed by atoms with Crippen LogP contribution in [0.2, 0.25) is 0 Å². The molecular formula is C30H55O3P. The van der Waals surface area contributed by atoms with Crippen LogP contribution in [0.4, 0.5) is 0 Å². The van der Waals surface area contributed by atoms with Gasteiger partial charge in [-0.15, -0.1) is 0 Å². The van der Waals surface area contributed by atoms with E-state index >= 15 is 0 Å². The van der Waals surface area contributed by atoms with Crippen molar-refractivity contribution in [3.63, 3.8) is 0 Å². The molecule has 0 unspecified atom stereocenters. The Morgan fingerprint density at radius 2 is 0.971 bits per heavy atom. The van der Waals surface area contributed by atoms with Crippen LogP contribution in [0.25, 0.3) is 0 Å². The summed E-state index contributed by atoms with van der Waals surface area (Å²) >= 11 is 0. The molecule has 198 valence electrons. The van der Waals surface area contributed by atoms with Gasteiger partial charge in [-0.3, -0.25) is 0 Å². The first-order chi connectivity index (χ1) is 16.7. The van der Waals surface area contributed by atoms with Gasteiger partial charge in [0, 0.05) is 0 Å². The van der Waals surface area contributed by atoms with Crippen LogP contribution in [-0.2, 0) is 12.8 Å². The summed E-state index contributed by atoms with van der Waals surface area (Å²) in [6.07, 6.45) is 28.8. The van der Waals surface area contributed by atoms with E-state index in [0.29, 0.717) is 5.75 Å². The summed E-state index contributed by atoms with van der Waals surface area (Å²) in [5.41, 5.74) is 2.54. The number of unbranched alkanes of at least 4 members (excludes halogenated alkanes) is 18. The highest BCUT2D eigenvalue weighted by molar-refractivity contribution is 7.39. The molecule has 0 aliphatic heterocycles. The van der Waals surface area contributed by atoms with E-state index in [0.717, 1.165) is 19.3 Å². The molecule has 0 atom stereocenters. The summed E-state index contributed by atoms with van der Waals surface area (Å²) < 4.78 is 5.40. The Kier molecular flexibility index (Phi) is 21.1. The molecule has 0 amide bonds. The van der Waals surface area contributed by atoms with Crippen molar-refractivity contribution in [3.8, 4) is 5.75 Å². The van der Waals surface area contributed by atoms with E-state index < -0.39 is 8.60 Å². The number of hydrogen-bond donors (Lipinski definition) is 2. The molecule has 1 rings (SSSR count). The third kappa shape index (κ3) is 16.9. The zero-order valence-electron chi connectivity index (χ0n) is 22.5. The Morgan fingerprint density at radius 1 is 0.559 bits per heavy atom. The Labute approximate surface area is 213 Å². The number of aryl methyl sites for hydroxylation is 1. The molecule has 0 radical (unpaired) electrons. The second kappa shape index (κ2) is 22.8. The standard InChI is InChI=1S/C30H55O3P/c1-3-5-7-9-11-13-15-17-19-21-24-28-25-23-27-30(33-34(31)32)29(28)26-22-20-18-16-14-12-10-8-6-4-2/h23,25,27,31-32H,3-22,24,26H2,1-2H3. The van der Waals surface area contributed by atoms with E-state index in [1.807, 2.05) is 12.1 Å². The lowest BCUT2D eigenvalue weighted by Crippen LogP contribution is -2.00. The zero-order chi connectivity index (χ0) is 24.7. The molecule has 0 aliphatic rings. The minimum Gasteiger partial charge on any atom is -0.427 e. The van der Waals surface area contributed by atoms with Crippen LogP contribution in [0.1, 0.15) is 153 Å². The van der Waals surface area contributed by atoms with Gasteiger partial charge in [-0.05, 0) is 42.9 Å². The molecule has 2 N–H and O–H groups in total. The molecule has 0 spiro atoms. The number of benzene rings is 1. The topological polar surface area (TPSA) is 49.7 Å². The van der Waals surface area contributed by atoms with Gasteiger partial charge in [-0.25, -0.2) is 0 Å². The largest absolute Gasteiger partial charge is 0.427 e. The van der Waals surface area contributed by atoms with Crippen LogP contribution < -0.4 is 4.52 Å². The van der Waals surface area contributed by atoms with Gasteiger partial charge in [0.25, 0.3) is 0 Å². The van der Waals surface area contributed by atoms with E-state index in [2.05, 4.69) is 19.9 Å². The van der Waals surface area contributed by atoms with E-state index in [4.69, 9.17) is 4.52 Å². The van der Waals surface area contributed by atoms with Gasteiger partial charge < -0.3 is 14.3 Å². The van der Waals surface area contributed by atoms with Crippen LogP contribution in [0, 0.1) is 0 Å². The van der Waals surface area contributed by atoms with Crippen molar-refractivity contribution in [3.05, 3.63) is 29.3 Å². The molecule has 3 nitrogen and oxygen atoms in total. The molecule has 34 heavy (non-hydrogen) atoms. The minimum atomic E-state index is -2.37. The fourth-order valence-electron chi connectivity index (χ4n) is 4.89. The molecule has 1 aromatic rings. The number of rotatable bonds is 24. The molecule has 0 fully saturated rings. The third-order valence-electron chi connectivity index (χ3n) is 6.99. The van der Waals surface area contributed by atoms with E-state index in [1.54, 1.807) is 0 Å². The monoisotopic (exact) mass is 494 g/mol. The van der Waals surface area contributed by atoms with Crippen molar-refractivity contribution < 1.29 is 14.3 Å². The summed E-state index contributed by atoms with van der Waals surface area (Å²) in [7, 11) is -2.37. The quantitative estimate of drug-likeness (QED) is 0.111. The molecular weight excluding hydrogens is 439 g/mol. The van der Waals surface area contributed by atoms with Crippen molar-refractivity contribution in [1.82, 2.24) is 0 Å². The average molecular weight is 495 g/mol. The van der Waals surface area contributed by atoms with Gasteiger partial charge in [0.2, 0.25) is 0 Å². The Balaban J connectivity index is 2.33. The SMILES string of the molecule is CCCCCCCCCCCCc1cccc(OP(O)O)c1CCCCCCCCCCCC. The molecule has 4 heteroatoms. The highest BCUT2D eigenvalue weighted by Crippen LogP contribution is 2.34. The van der Waals surface area contributed by atoms with Crippen LogP contribution in [-0.4, -0.2) is 9.79 Å². The molecule has 0 heterocycles. The average Bonchev–Trinajstić information content (AvgIpc) is 2.82. The van der Waals surface area contributed by atoms with Gasteiger partial charge in [-0.1, -0.05) is 142 Å². The second-order valence-corrected chi connectivity index (χ2v) is 10.8. The highest BCUT2D eigenvalue weighted by atomic mass is 31.2. The Bertz CT molecular complexity index is 576. The van der Waals surface area contributed by atoms with Gasteiger partial charge in [0.05, 0.1) is 0 Å². The van der Waals surface area contributed by atoms with E-state index in [-0.39, 0.29) is 0 Å². The predicted octanol–water partition coefficient (Wildman–Crippen LogP) is 10.2. The van der Waals surface area contributed by atoms with Crippen molar-refractivity contribution in [2.45, 2.75) is 155 Å². The first kappa shape index (κ1) is 31.4. The second-order valence-electron chi connectivity index (χ2n) is 10.1. The molecule has 1 aromatic carbocycles. The first-order valence-corrected chi connectivity index (χ1v) is 15.8. The fourth-order valence-corrected chi connectivity index (χ4v) is 5.24. The molecule has 0 aromatic heterocycles. The third-order valence-corrected chi connectivity index (χ3v) is 7.35. The van der Waals surface area contributed by atoms with Crippen molar-refractivity contribution in [2.24, 2.45) is 0 Å². The van der Waals surface area contributed by atoms with E-state index in [9.17, 15) is 9.79 Å². The highest BCUT2D eigenvalue weighted by Gasteiger charge is 2.13. The number of hydrogen-bond acceptors (Lipinski definition) is 3. The maximum absolute atomic E-state index is 9.43. The predicted molar refractivity (Wildman–Crippen MR) is 150 cm³/mol. The van der Waals surface area contributed by atoms with Gasteiger partial charge in [-0.2, -0.15) is 0 Å². The summed E-state index contributed by atoms with van der Waals surface area (Å²) in [6.45, 7) is 4.55. The van der Waals surface area contributed by atoms with Gasteiger partial charge in [0.15, 0.2) is 0 Å². The lowest BCUT2D eigenvalue weighted by Gasteiger charge is -2.16. The van der Waals surface area contributed by atoms with Crippen LogP contribution >= 0.6 is 8.60 Å². The molecule has 0 saturated carbocycles. The lowest BCUT2D eigenvalue weighted by molar-refractivity contribution is 0.373. The fraction of sp³-hybridized carbons (Fsp3) is 0.800. The normalized spacial score (nSPS) is 11.4. The Hall–Kier alpha value is -0.630.